The van der Waals surface area contributed by atoms with Crippen molar-refractivity contribution in [3.63, 3.8) is 0 Å². The first-order valence-electron chi connectivity index (χ1n) is 7.03. The number of hydrogen-bond donors (Lipinski definition) is 2. The molecular weight excluding hydrogens is 264 g/mol. The molecule has 1 amide bonds. The molecule has 0 radical (unpaired) electrons. The Morgan fingerprint density at radius 3 is 2.76 bits per heavy atom. The SMILES string of the molecule is C#CCNC(=O)C(C)Oc1cccc(CNC(C)(C)C)c1. The molecule has 1 aromatic carbocycles. The molecule has 2 N–H and O–H groups in total. The van der Waals surface area contributed by atoms with Crippen molar-refractivity contribution in [1.82, 2.24) is 10.6 Å². The van der Waals surface area contributed by atoms with Crippen molar-refractivity contribution in [1.29, 1.82) is 0 Å². The van der Waals surface area contributed by atoms with Gasteiger partial charge in [0.2, 0.25) is 0 Å². The van der Waals surface area contributed by atoms with Crippen molar-refractivity contribution < 1.29 is 9.53 Å². The van der Waals surface area contributed by atoms with Gasteiger partial charge in [-0.15, -0.1) is 6.42 Å². The first-order valence-corrected chi connectivity index (χ1v) is 7.03. The first-order chi connectivity index (χ1) is 9.81. The van der Waals surface area contributed by atoms with Crippen LogP contribution in [0.15, 0.2) is 24.3 Å². The maximum atomic E-state index is 11.7. The Morgan fingerprint density at radius 2 is 2.14 bits per heavy atom. The molecule has 0 aromatic heterocycles. The Bertz CT molecular complexity index is 512. The maximum absolute atomic E-state index is 11.7. The van der Waals surface area contributed by atoms with Crippen LogP contribution in [0.3, 0.4) is 0 Å². The third-order valence-corrected chi connectivity index (χ3v) is 2.77. The van der Waals surface area contributed by atoms with Crippen LogP contribution in [0.25, 0.3) is 0 Å². The number of benzene rings is 1. The second-order valence-electron chi connectivity index (χ2n) is 5.93. The molecule has 4 nitrogen and oxygen atoms in total. The van der Waals surface area contributed by atoms with E-state index in [0.29, 0.717) is 5.75 Å². The van der Waals surface area contributed by atoms with Crippen LogP contribution >= 0.6 is 0 Å². The summed E-state index contributed by atoms with van der Waals surface area (Å²) < 4.78 is 5.64. The molecule has 0 heterocycles. The molecule has 4 heteroatoms. The van der Waals surface area contributed by atoms with Crippen LogP contribution in [0, 0.1) is 12.3 Å². The molecule has 1 unspecified atom stereocenters. The third kappa shape index (κ3) is 6.82. The minimum Gasteiger partial charge on any atom is -0.481 e. The predicted octanol–water partition coefficient (Wildman–Crippen LogP) is 2.09. The number of amides is 1. The molecule has 21 heavy (non-hydrogen) atoms. The standard InChI is InChI=1S/C17H24N2O2/c1-6-10-18-16(20)13(2)21-15-9-7-8-14(11-15)12-19-17(3,4)5/h1,7-9,11,13,19H,10,12H2,2-5H3,(H,18,20). The monoisotopic (exact) mass is 288 g/mol. The van der Waals surface area contributed by atoms with Gasteiger partial charge in [0, 0.05) is 12.1 Å². The highest BCUT2D eigenvalue weighted by Crippen LogP contribution is 2.15. The van der Waals surface area contributed by atoms with Crippen molar-refractivity contribution in [2.45, 2.75) is 45.9 Å². The topological polar surface area (TPSA) is 50.4 Å². The zero-order valence-electron chi connectivity index (χ0n) is 13.2. The highest BCUT2D eigenvalue weighted by molar-refractivity contribution is 5.80. The predicted molar refractivity (Wildman–Crippen MR) is 85.0 cm³/mol. The molecule has 1 atom stereocenters. The van der Waals surface area contributed by atoms with Gasteiger partial charge in [-0.2, -0.15) is 0 Å². The van der Waals surface area contributed by atoms with Gasteiger partial charge in [-0.25, -0.2) is 0 Å². The fraction of sp³-hybridized carbons (Fsp3) is 0.471. The fourth-order valence-electron chi connectivity index (χ4n) is 1.64. The average molecular weight is 288 g/mol. The lowest BCUT2D eigenvalue weighted by atomic mass is 10.1. The highest BCUT2D eigenvalue weighted by Gasteiger charge is 2.14. The summed E-state index contributed by atoms with van der Waals surface area (Å²) in [7, 11) is 0. The summed E-state index contributed by atoms with van der Waals surface area (Å²) in [4.78, 5) is 11.7. The number of carbonyl (C=O) groups is 1. The largest absolute Gasteiger partial charge is 0.481 e. The molecule has 0 saturated carbocycles. The molecule has 0 saturated heterocycles. The van der Waals surface area contributed by atoms with Gasteiger partial charge in [0.25, 0.3) is 5.91 Å². The van der Waals surface area contributed by atoms with Gasteiger partial charge in [0.1, 0.15) is 5.75 Å². The molecule has 0 fully saturated rings. The summed E-state index contributed by atoms with van der Waals surface area (Å²) in [5, 5.41) is 6.01. The minimum atomic E-state index is -0.579. The Hall–Kier alpha value is -1.99. The van der Waals surface area contributed by atoms with E-state index in [2.05, 4.69) is 37.3 Å². The van der Waals surface area contributed by atoms with Gasteiger partial charge in [0.05, 0.1) is 6.54 Å². The van der Waals surface area contributed by atoms with Gasteiger partial charge >= 0.3 is 0 Å². The number of terminal acetylenes is 1. The molecule has 0 spiro atoms. The molecule has 1 rings (SSSR count). The number of carbonyl (C=O) groups excluding carboxylic acids is 1. The second-order valence-corrected chi connectivity index (χ2v) is 5.93. The summed E-state index contributed by atoms with van der Waals surface area (Å²) >= 11 is 0. The van der Waals surface area contributed by atoms with Gasteiger partial charge in [-0.05, 0) is 45.4 Å². The van der Waals surface area contributed by atoms with E-state index >= 15 is 0 Å². The summed E-state index contributed by atoms with van der Waals surface area (Å²) in [6.45, 7) is 9.01. The number of nitrogens with one attached hydrogen (secondary N) is 2. The zero-order valence-corrected chi connectivity index (χ0v) is 13.2. The van der Waals surface area contributed by atoms with Gasteiger partial charge < -0.3 is 15.4 Å². The van der Waals surface area contributed by atoms with E-state index in [1.165, 1.54) is 0 Å². The zero-order chi connectivity index (χ0) is 15.9. The Balaban J connectivity index is 2.60. The van der Waals surface area contributed by atoms with Crippen molar-refractivity contribution in [3.05, 3.63) is 29.8 Å². The number of rotatable bonds is 6. The Labute approximate surface area is 127 Å². The smallest absolute Gasteiger partial charge is 0.261 e. The average Bonchev–Trinajstić information content (AvgIpc) is 2.42. The molecular formula is C17H24N2O2. The minimum absolute atomic E-state index is 0.0548. The molecule has 0 aliphatic rings. The van der Waals surface area contributed by atoms with E-state index in [-0.39, 0.29) is 18.0 Å². The lowest BCUT2D eigenvalue weighted by Gasteiger charge is -2.21. The van der Waals surface area contributed by atoms with E-state index in [0.717, 1.165) is 12.1 Å². The molecule has 114 valence electrons. The first kappa shape index (κ1) is 17.1. The number of ether oxygens (including phenoxy) is 1. The van der Waals surface area contributed by atoms with Crippen LogP contribution in [0.4, 0.5) is 0 Å². The van der Waals surface area contributed by atoms with Gasteiger partial charge in [-0.3, -0.25) is 4.79 Å². The van der Waals surface area contributed by atoms with Crippen LogP contribution < -0.4 is 15.4 Å². The van der Waals surface area contributed by atoms with Crippen LogP contribution in [-0.2, 0) is 11.3 Å². The van der Waals surface area contributed by atoms with Gasteiger partial charge in [-0.1, -0.05) is 18.1 Å². The fourth-order valence-corrected chi connectivity index (χ4v) is 1.64. The normalized spacial score (nSPS) is 12.3. The quantitative estimate of drug-likeness (QED) is 0.788. The van der Waals surface area contributed by atoms with E-state index in [4.69, 9.17) is 11.2 Å². The van der Waals surface area contributed by atoms with E-state index in [9.17, 15) is 4.79 Å². The summed E-state index contributed by atoms with van der Waals surface area (Å²) in [6, 6.07) is 7.71. The van der Waals surface area contributed by atoms with E-state index in [1.54, 1.807) is 6.92 Å². The molecule has 0 aliphatic carbocycles. The Kier molecular flexibility index (Phi) is 6.26. The molecule has 0 aliphatic heterocycles. The number of hydrogen-bond acceptors (Lipinski definition) is 3. The van der Waals surface area contributed by atoms with Crippen LogP contribution in [0.1, 0.15) is 33.3 Å². The third-order valence-electron chi connectivity index (χ3n) is 2.77. The van der Waals surface area contributed by atoms with Crippen molar-refractivity contribution in [2.75, 3.05) is 6.54 Å². The summed E-state index contributed by atoms with van der Waals surface area (Å²) in [6.07, 6.45) is 4.53. The summed E-state index contributed by atoms with van der Waals surface area (Å²) in [5.41, 5.74) is 1.16. The summed E-state index contributed by atoms with van der Waals surface area (Å²) in [5.74, 6) is 2.82. The maximum Gasteiger partial charge on any atom is 0.261 e. The van der Waals surface area contributed by atoms with E-state index in [1.807, 2.05) is 24.3 Å². The highest BCUT2D eigenvalue weighted by atomic mass is 16.5. The molecule has 1 aromatic rings. The van der Waals surface area contributed by atoms with Crippen molar-refractivity contribution >= 4 is 5.91 Å². The van der Waals surface area contributed by atoms with Gasteiger partial charge in [0.15, 0.2) is 6.10 Å². The molecule has 0 bridgehead atoms. The lowest BCUT2D eigenvalue weighted by molar-refractivity contribution is -0.126. The van der Waals surface area contributed by atoms with Crippen LogP contribution in [0.5, 0.6) is 5.75 Å². The lowest BCUT2D eigenvalue weighted by Crippen LogP contribution is -2.36. The Morgan fingerprint density at radius 1 is 1.43 bits per heavy atom. The van der Waals surface area contributed by atoms with E-state index < -0.39 is 6.10 Å². The van der Waals surface area contributed by atoms with Crippen LogP contribution in [0.2, 0.25) is 0 Å². The van der Waals surface area contributed by atoms with Crippen molar-refractivity contribution in [3.8, 4) is 18.1 Å². The van der Waals surface area contributed by atoms with Crippen molar-refractivity contribution in [2.24, 2.45) is 0 Å². The second kappa shape index (κ2) is 7.70. The van der Waals surface area contributed by atoms with Crippen LogP contribution in [-0.4, -0.2) is 24.1 Å².